The molecule has 1 aromatic heterocycles. The summed E-state index contributed by atoms with van der Waals surface area (Å²) in [5.74, 6) is 0.627. The second kappa shape index (κ2) is 7.34. The Morgan fingerprint density at radius 1 is 1.35 bits per heavy atom. The number of nitrogens with zero attached hydrogens (tertiary/aromatic N) is 4. The number of aromatic nitrogens is 2. The first-order valence-corrected chi connectivity index (χ1v) is 8.76. The Balaban J connectivity index is 1.57. The SMILES string of the molecule is CN(CCN1CCOC1=O)Cc1cn(C)nc1C1CCCCC1. The summed E-state index contributed by atoms with van der Waals surface area (Å²) in [6.45, 7) is 3.72. The molecule has 1 aliphatic heterocycles. The van der Waals surface area contributed by atoms with Crippen LogP contribution >= 0.6 is 0 Å². The Hall–Kier alpha value is -1.56. The Labute approximate surface area is 138 Å². The van der Waals surface area contributed by atoms with Crippen LogP contribution in [0.15, 0.2) is 6.20 Å². The van der Waals surface area contributed by atoms with Gasteiger partial charge in [-0.1, -0.05) is 19.3 Å². The van der Waals surface area contributed by atoms with Crippen LogP contribution < -0.4 is 0 Å². The fraction of sp³-hybridized carbons (Fsp3) is 0.765. The number of carbonyl (C=O) groups is 1. The molecule has 1 amide bonds. The lowest BCUT2D eigenvalue weighted by molar-refractivity contribution is 0.155. The molecule has 128 valence electrons. The van der Waals surface area contributed by atoms with E-state index in [-0.39, 0.29) is 6.09 Å². The minimum absolute atomic E-state index is 0.178. The number of hydrogen-bond acceptors (Lipinski definition) is 4. The van der Waals surface area contributed by atoms with Crippen molar-refractivity contribution in [1.29, 1.82) is 0 Å². The van der Waals surface area contributed by atoms with Gasteiger partial charge in [0.1, 0.15) is 6.61 Å². The van der Waals surface area contributed by atoms with E-state index in [1.54, 1.807) is 4.90 Å². The van der Waals surface area contributed by atoms with Crippen LogP contribution in [-0.4, -0.2) is 59.0 Å². The highest BCUT2D eigenvalue weighted by atomic mass is 16.6. The third kappa shape index (κ3) is 4.05. The predicted octanol–water partition coefficient (Wildman–Crippen LogP) is 2.35. The molecule has 1 aliphatic carbocycles. The summed E-state index contributed by atoms with van der Waals surface area (Å²) in [5, 5.41) is 4.74. The molecule has 1 aromatic rings. The predicted molar refractivity (Wildman–Crippen MR) is 88.3 cm³/mol. The number of amides is 1. The number of hydrogen-bond donors (Lipinski definition) is 0. The van der Waals surface area contributed by atoms with E-state index < -0.39 is 0 Å². The van der Waals surface area contributed by atoms with Gasteiger partial charge in [-0.15, -0.1) is 0 Å². The molecule has 0 bridgehead atoms. The van der Waals surface area contributed by atoms with Crippen LogP contribution in [0.4, 0.5) is 4.79 Å². The topological polar surface area (TPSA) is 50.6 Å². The average Bonchev–Trinajstić information content (AvgIpc) is 3.12. The fourth-order valence-corrected chi connectivity index (χ4v) is 3.69. The van der Waals surface area contributed by atoms with Crippen LogP contribution in [0.25, 0.3) is 0 Å². The lowest BCUT2D eigenvalue weighted by Crippen LogP contribution is -2.33. The molecule has 6 heteroatoms. The summed E-state index contributed by atoms with van der Waals surface area (Å²) in [7, 11) is 4.12. The summed E-state index contributed by atoms with van der Waals surface area (Å²) in [6.07, 6.45) is 8.54. The van der Waals surface area contributed by atoms with E-state index in [0.717, 1.165) is 19.6 Å². The van der Waals surface area contributed by atoms with Gasteiger partial charge in [0.2, 0.25) is 0 Å². The summed E-state index contributed by atoms with van der Waals surface area (Å²) < 4.78 is 6.92. The van der Waals surface area contributed by atoms with Crippen molar-refractivity contribution in [1.82, 2.24) is 19.6 Å². The first kappa shape index (κ1) is 16.3. The highest BCUT2D eigenvalue weighted by Crippen LogP contribution is 2.33. The van der Waals surface area contributed by atoms with Crippen LogP contribution in [0.3, 0.4) is 0 Å². The van der Waals surface area contributed by atoms with E-state index in [4.69, 9.17) is 9.84 Å². The molecule has 2 aliphatic rings. The monoisotopic (exact) mass is 320 g/mol. The molecule has 0 spiro atoms. The highest BCUT2D eigenvalue weighted by Gasteiger charge is 2.24. The molecule has 1 saturated heterocycles. The van der Waals surface area contributed by atoms with Crippen LogP contribution in [0.2, 0.25) is 0 Å². The van der Waals surface area contributed by atoms with E-state index in [1.165, 1.54) is 43.4 Å². The van der Waals surface area contributed by atoms with Gasteiger partial charge in [-0.2, -0.15) is 5.10 Å². The van der Waals surface area contributed by atoms with Crippen LogP contribution in [-0.2, 0) is 18.3 Å². The number of ether oxygens (including phenoxy) is 1. The van der Waals surface area contributed by atoms with Crippen molar-refractivity contribution >= 4 is 6.09 Å². The van der Waals surface area contributed by atoms with Gasteiger partial charge >= 0.3 is 6.09 Å². The number of carbonyl (C=O) groups excluding carboxylic acids is 1. The number of rotatable bonds is 6. The van der Waals surface area contributed by atoms with Gasteiger partial charge in [0.05, 0.1) is 12.2 Å². The minimum atomic E-state index is -0.178. The second-order valence-corrected chi connectivity index (χ2v) is 6.89. The summed E-state index contributed by atoms with van der Waals surface area (Å²) in [6, 6.07) is 0. The van der Waals surface area contributed by atoms with Gasteiger partial charge in [0, 0.05) is 44.4 Å². The van der Waals surface area contributed by atoms with Gasteiger partial charge in [-0.25, -0.2) is 4.79 Å². The molecule has 0 N–H and O–H groups in total. The van der Waals surface area contributed by atoms with Crippen molar-refractivity contribution in [3.05, 3.63) is 17.5 Å². The van der Waals surface area contributed by atoms with Crippen molar-refractivity contribution in [3.63, 3.8) is 0 Å². The molecule has 6 nitrogen and oxygen atoms in total. The van der Waals surface area contributed by atoms with E-state index in [2.05, 4.69) is 18.1 Å². The zero-order valence-electron chi connectivity index (χ0n) is 14.3. The van der Waals surface area contributed by atoms with Crippen LogP contribution in [0.1, 0.15) is 49.3 Å². The maximum absolute atomic E-state index is 11.5. The smallest absolute Gasteiger partial charge is 0.409 e. The molecular weight excluding hydrogens is 292 g/mol. The van der Waals surface area contributed by atoms with Crippen LogP contribution in [0, 0.1) is 0 Å². The van der Waals surface area contributed by atoms with Gasteiger partial charge in [-0.05, 0) is 19.9 Å². The Bertz CT molecular complexity index is 537. The van der Waals surface area contributed by atoms with Crippen molar-refractivity contribution in [2.24, 2.45) is 7.05 Å². The van der Waals surface area contributed by atoms with E-state index >= 15 is 0 Å². The largest absolute Gasteiger partial charge is 0.448 e. The second-order valence-electron chi connectivity index (χ2n) is 6.89. The van der Waals surface area contributed by atoms with Crippen molar-refractivity contribution in [2.45, 2.75) is 44.6 Å². The average molecular weight is 320 g/mol. The number of likely N-dealkylation sites (N-methyl/N-ethyl adjacent to an activating group) is 1. The maximum Gasteiger partial charge on any atom is 0.409 e. The Morgan fingerprint density at radius 3 is 2.83 bits per heavy atom. The van der Waals surface area contributed by atoms with Gasteiger partial charge in [-0.3, -0.25) is 4.68 Å². The lowest BCUT2D eigenvalue weighted by atomic mass is 9.85. The quantitative estimate of drug-likeness (QED) is 0.807. The molecule has 2 fully saturated rings. The van der Waals surface area contributed by atoms with Gasteiger partial charge in [0.25, 0.3) is 0 Å². The van der Waals surface area contributed by atoms with E-state index in [0.29, 0.717) is 19.1 Å². The minimum Gasteiger partial charge on any atom is -0.448 e. The molecule has 23 heavy (non-hydrogen) atoms. The zero-order chi connectivity index (χ0) is 16.2. The third-order valence-corrected chi connectivity index (χ3v) is 4.97. The highest BCUT2D eigenvalue weighted by molar-refractivity contribution is 5.69. The van der Waals surface area contributed by atoms with Crippen molar-refractivity contribution in [2.75, 3.05) is 33.3 Å². The molecule has 0 atom stereocenters. The van der Waals surface area contributed by atoms with Crippen molar-refractivity contribution < 1.29 is 9.53 Å². The fourth-order valence-electron chi connectivity index (χ4n) is 3.69. The van der Waals surface area contributed by atoms with Crippen molar-refractivity contribution in [3.8, 4) is 0 Å². The molecule has 2 heterocycles. The first-order valence-electron chi connectivity index (χ1n) is 8.76. The Kier molecular flexibility index (Phi) is 5.20. The molecule has 3 rings (SSSR count). The normalized spacial score (nSPS) is 19.6. The lowest BCUT2D eigenvalue weighted by Gasteiger charge is -2.23. The van der Waals surface area contributed by atoms with Gasteiger partial charge in [0.15, 0.2) is 0 Å². The summed E-state index contributed by atoms with van der Waals surface area (Å²) >= 11 is 0. The zero-order valence-corrected chi connectivity index (χ0v) is 14.3. The number of cyclic esters (lactones) is 1. The molecular formula is C17H28N4O2. The standard InChI is InChI=1S/C17H28N4O2/c1-19(8-9-21-10-11-23-17(21)22)12-15-13-20(2)18-16(15)14-6-4-3-5-7-14/h13-14H,3-12H2,1-2H3. The molecule has 0 radical (unpaired) electrons. The van der Waals surface area contributed by atoms with E-state index in [1.807, 2.05) is 11.7 Å². The molecule has 1 saturated carbocycles. The summed E-state index contributed by atoms with van der Waals surface area (Å²) in [4.78, 5) is 15.5. The van der Waals surface area contributed by atoms with Gasteiger partial charge < -0.3 is 14.5 Å². The summed E-state index contributed by atoms with van der Waals surface area (Å²) in [5.41, 5.74) is 2.63. The molecule has 0 aromatic carbocycles. The Morgan fingerprint density at radius 2 is 2.13 bits per heavy atom. The third-order valence-electron chi connectivity index (χ3n) is 4.97. The van der Waals surface area contributed by atoms with Crippen LogP contribution in [0.5, 0.6) is 0 Å². The van der Waals surface area contributed by atoms with E-state index in [9.17, 15) is 4.79 Å². The first-order chi connectivity index (χ1) is 11.1. The number of aryl methyl sites for hydroxylation is 1. The maximum atomic E-state index is 11.5. The molecule has 0 unspecified atom stereocenters.